The molecule has 2 N–H and O–H groups in total. The molecular weight excluding hydrogens is 350 g/mol. The number of carbonyl (C=O) groups excluding carboxylic acids is 1. The van der Waals surface area contributed by atoms with E-state index in [1.165, 1.54) is 0 Å². The average molecular weight is 365 g/mol. The fourth-order valence-corrected chi connectivity index (χ4v) is 3.61. The van der Waals surface area contributed by atoms with E-state index in [1.807, 2.05) is 31.2 Å². The molecule has 6 nitrogen and oxygen atoms in total. The number of thioether (sulfide) groups is 1. The van der Waals surface area contributed by atoms with Crippen LogP contribution in [0, 0.1) is 6.92 Å². The van der Waals surface area contributed by atoms with E-state index in [9.17, 15) is 19.5 Å². The highest BCUT2D eigenvalue weighted by atomic mass is 32.2. The predicted octanol–water partition coefficient (Wildman–Crippen LogP) is 2.51. The molecular formula is C16H15NO5S2. The normalized spacial score (nSPS) is 17.4. The number of amides is 1. The second kappa shape index (κ2) is 7.59. The van der Waals surface area contributed by atoms with Crippen LogP contribution >= 0.6 is 24.0 Å². The number of aliphatic carboxylic acids is 2. The van der Waals surface area contributed by atoms with E-state index in [-0.39, 0.29) is 17.2 Å². The van der Waals surface area contributed by atoms with Crippen LogP contribution in [0.4, 0.5) is 0 Å². The molecule has 0 radical (unpaired) electrons. The van der Waals surface area contributed by atoms with Gasteiger partial charge in [0.25, 0.3) is 5.91 Å². The third kappa shape index (κ3) is 4.01. The Kier molecular flexibility index (Phi) is 5.74. The Morgan fingerprint density at radius 1 is 1.33 bits per heavy atom. The zero-order valence-electron chi connectivity index (χ0n) is 12.8. The third-order valence-corrected chi connectivity index (χ3v) is 4.86. The summed E-state index contributed by atoms with van der Waals surface area (Å²) in [4.78, 5) is 36.0. The number of nitrogens with zero attached hydrogens (tertiary/aromatic N) is 1. The Morgan fingerprint density at radius 2 is 2.00 bits per heavy atom. The van der Waals surface area contributed by atoms with Crippen LogP contribution in [0.25, 0.3) is 6.08 Å². The van der Waals surface area contributed by atoms with Crippen LogP contribution in [0.15, 0.2) is 29.2 Å². The van der Waals surface area contributed by atoms with Crippen LogP contribution in [-0.2, 0) is 14.4 Å². The van der Waals surface area contributed by atoms with Gasteiger partial charge in [-0.3, -0.25) is 14.5 Å². The maximum Gasteiger partial charge on any atom is 0.326 e. The summed E-state index contributed by atoms with van der Waals surface area (Å²) in [6, 6.07) is 6.19. The van der Waals surface area contributed by atoms with Crippen molar-refractivity contribution < 1.29 is 24.6 Å². The molecule has 2 rings (SSSR count). The van der Waals surface area contributed by atoms with Gasteiger partial charge in [-0.05, 0) is 30.5 Å². The van der Waals surface area contributed by atoms with E-state index in [2.05, 4.69) is 0 Å². The molecule has 1 atom stereocenters. The van der Waals surface area contributed by atoms with Gasteiger partial charge < -0.3 is 10.2 Å². The first-order chi connectivity index (χ1) is 11.3. The summed E-state index contributed by atoms with van der Waals surface area (Å²) in [5.41, 5.74) is 1.82. The van der Waals surface area contributed by atoms with Crippen LogP contribution in [0.3, 0.4) is 0 Å². The van der Waals surface area contributed by atoms with Crippen molar-refractivity contribution in [1.82, 2.24) is 4.90 Å². The molecule has 0 aliphatic carbocycles. The van der Waals surface area contributed by atoms with Crippen molar-refractivity contribution in [2.24, 2.45) is 0 Å². The van der Waals surface area contributed by atoms with Crippen molar-refractivity contribution in [2.45, 2.75) is 25.8 Å². The van der Waals surface area contributed by atoms with E-state index in [4.69, 9.17) is 17.3 Å². The van der Waals surface area contributed by atoms with Gasteiger partial charge in [-0.15, -0.1) is 0 Å². The maximum absolute atomic E-state index is 12.6. The lowest BCUT2D eigenvalue weighted by atomic mass is 10.1. The van der Waals surface area contributed by atoms with Crippen LogP contribution < -0.4 is 0 Å². The summed E-state index contributed by atoms with van der Waals surface area (Å²) in [5, 5.41) is 18.1. The summed E-state index contributed by atoms with van der Waals surface area (Å²) in [7, 11) is 0. The lowest BCUT2D eigenvalue weighted by Crippen LogP contribution is -2.44. The molecule has 0 unspecified atom stereocenters. The molecule has 1 aromatic rings. The molecule has 0 aromatic heterocycles. The van der Waals surface area contributed by atoms with Gasteiger partial charge in [-0.25, -0.2) is 4.79 Å². The molecule has 1 fully saturated rings. The van der Waals surface area contributed by atoms with Gasteiger partial charge in [0.1, 0.15) is 10.4 Å². The van der Waals surface area contributed by atoms with E-state index in [1.54, 1.807) is 6.08 Å². The molecule has 8 heteroatoms. The Balaban J connectivity index is 2.28. The van der Waals surface area contributed by atoms with Gasteiger partial charge in [-0.2, -0.15) is 0 Å². The Bertz CT molecular complexity index is 744. The molecule has 126 valence electrons. The number of carbonyl (C=O) groups is 3. The first kappa shape index (κ1) is 18.2. The van der Waals surface area contributed by atoms with Crippen LogP contribution in [0.1, 0.15) is 24.0 Å². The monoisotopic (exact) mass is 365 g/mol. The minimum absolute atomic E-state index is 0.123. The Morgan fingerprint density at radius 3 is 2.58 bits per heavy atom. The molecule has 24 heavy (non-hydrogen) atoms. The van der Waals surface area contributed by atoms with Crippen LogP contribution in [0.5, 0.6) is 0 Å². The Hall–Kier alpha value is -2.19. The van der Waals surface area contributed by atoms with Gasteiger partial charge in [0, 0.05) is 6.42 Å². The fraction of sp³-hybridized carbons (Fsp3) is 0.250. The first-order valence-corrected chi connectivity index (χ1v) is 8.31. The van der Waals surface area contributed by atoms with Gasteiger partial charge in [0.2, 0.25) is 0 Å². The number of hydrogen-bond acceptors (Lipinski definition) is 5. The largest absolute Gasteiger partial charge is 0.481 e. The van der Waals surface area contributed by atoms with Crippen molar-refractivity contribution in [3.8, 4) is 0 Å². The molecule has 0 bridgehead atoms. The van der Waals surface area contributed by atoms with E-state index < -0.39 is 23.9 Å². The predicted molar refractivity (Wildman–Crippen MR) is 94.5 cm³/mol. The number of hydrogen-bond donors (Lipinski definition) is 2. The second-order valence-electron chi connectivity index (χ2n) is 5.19. The summed E-state index contributed by atoms with van der Waals surface area (Å²) in [6.45, 7) is 1.90. The average Bonchev–Trinajstić information content (AvgIpc) is 2.77. The highest BCUT2D eigenvalue weighted by molar-refractivity contribution is 8.26. The third-order valence-electron chi connectivity index (χ3n) is 3.53. The lowest BCUT2D eigenvalue weighted by molar-refractivity contribution is -0.146. The lowest BCUT2D eigenvalue weighted by Gasteiger charge is -2.22. The summed E-state index contributed by atoms with van der Waals surface area (Å²) >= 11 is 6.16. The van der Waals surface area contributed by atoms with Crippen molar-refractivity contribution in [2.75, 3.05) is 0 Å². The topological polar surface area (TPSA) is 94.9 Å². The van der Waals surface area contributed by atoms with Crippen molar-refractivity contribution in [1.29, 1.82) is 0 Å². The number of aryl methyl sites for hydroxylation is 1. The maximum atomic E-state index is 12.6. The molecule has 1 amide bonds. The molecule has 1 heterocycles. The molecule has 0 saturated carbocycles. The van der Waals surface area contributed by atoms with Crippen molar-refractivity contribution >= 4 is 52.2 Å². The van der Waals surface area contributed by atoms with Crippen molar-refractivity contribution in [3.05, 3.63) is 40.3 Å². The van der Waals surface area contributed by atoms with Gasteiger partial charge >= 0.3 is 11.9 Å². The van der Waals surface area contributed by atoms with Gasteiger partial charge in [0.05, 0.1) is 4.91 Å². The van der Waals surface area contributed by atoms with Gasteiger partial charge in [0.15, 0.2) is 0 Å². The van der Waals surface area contributed by atoms with E-state index >= 15 is 0 Å². The fourth-order valence-electron chi connectivity index (χ4n) is 2.26. The van der Waals surface area contributed by atoms with Crippen LogP contribution in [0.2, 0.25) is 0 Å². The van der Waals surface area contributed by atoms with Crippen LogP contribution in [-0.4, -0.2) is 43.3 Å². The van der Waals surface area contributed by atoms with E-state index in [0.29, 0.717) is 4.91 Å². The SMILES string of the molecule is Cc1ccccc1/C=C1/SC(=S)N([C@H](CCC(=O)O)C(=O)O)C1=O. The van der Waals surface area contributed by atoms with Gasteiger partial charge in [-0.1, -0.05) is 48.2 Å². The smallest absolute Gasteiger partial charge is 0.326 e. The zero-order chi connectivity index (χ0) is 17.9. The molecule has 1 aliphatic heterocycles. The number of carboxylic acid groups (broad SMARTS) is 2. The summed E-state index contributed by atoms with van der Waals surface area (Å²) in [5.74, 6) is -2.90. The number of benzene rings is 1. The quantitative estimate of drug-likeness (QED) is 0.591. The number of rotatable bonds is 6. The summed E-state index contributed by atoms with van der Waals surface area (Å²) < 4.78 is 0.123. The first-order valence-electron chi connectivity index (χ1n) is 7.08. The highest BCUT2D eigenvalue weighted by Crippen LogP contribution is 2.35. The highest BCUT2D eigenvalue weighted by Gasteiger charge is 2.40. The molecule has 0 spiro atoms. The zero-order valence-corrected chi connectivity index (χ0v) is 14.4. The minimum Gasteiger partial charge on any atom is -0.481 e. The standard InChI is InChI=1S/C16H15NO5S2/c1-9-4-2-3-5-10(9)8-12-14(20)17(16(23)24-12)11(15(21)22)6-7-13(18)19/h2-5,8,11H,6-7H2,1H3,(H,18,19)(H,21,22)/b12-8+/t11-/m1/s1. The minimum atomic E-state index is -1.28. The van der Waals surface area contributed by atoms with E-state index in [0.717, 1.165) is 27.8 Å². The number of thiocarbonyl (C=S) groups is 1. The molecule has 1 saturated heterocycles. The molecule has 1 aromatic carbocycles. The Labute approximate surface area is 148 Å². The second-order valence-corrected chi connectivity index (χ2v) is 6.87. The number of carboxylic acids is 2. The van der Waals surface area contributed by atoms with Crippen molar-refractivity contribution in [3.63, 3.8) is 0 Å². The summed E-state index contributed by atoms with van der Waals surface area (Å²) in [6.07, 6.45) is 1.12. The molecule has 1 aliphatic rings.